The maximum Gasteiger partial charge on any atom is 0.325 e. The van der Waals surface area contributed by atoms with Gasteiger partial charge in [0, 0.05) is 20.1 Å². The molecule has 1 aromatic carbocycles. The number of piperidine rings is 1. The number of hydrogen-bond acceptors (Lipinski definition) is 4. The minimum absolute atomic E-state index is 0.0147. The van der Waals surface area contributed by atoms with Crippen molar-refractivity contribution in [2.45, 2.75) is 51.0 Å². The molecule has 1 N–H and O–H groups in total. The molecule has 7 heteroatoms. The van der Waals surface area contributed by atoms with Crippen LogP contribution in [-0.4, -0.2) is 67.2 Å². The van der Waals surface area contributed by atoms with Crippen LogP contribution in [0.4, 0.5) is 9.18 Å². The predicted octanol–water partition coefficient (Wildman–Crippen LogP) is 4.32. The summed E-state index contributed by atoms with van der Waals surface area (Å²) in [4.78, 5) is 30.3. The van der Waals surface area contributed by atoms with Crippen molar-refractivity contribution in [1.29, 1.82) is 0 Å². The summed E-state index contributed by atoms with van der Waals surface area (Å²) in [5, 5.41) is 3.05. The SMILES string of the molecule is C=C(C)[C@@H]1CC=C(CN2CCC(C3(Cc4cccc(F)c4)NC(=O)N(CCOC)C3=O)CC2)CC1. The molecule has 0 saturated carbocycles. The topological polar surface area (TPSA) is 61.9 Å². The van der Waals surface area contributed by atoms with E-state index in [1.54, 1.807) is 13.2 Å². The molecule has 2 aliphatic heterocycles. The molecule has 190 valence electrons. The van der Waals surface area contributed by atoms with Crippen LogP contribution in [0.25, 0.3) is 0 Å². The predicted molar refractivity (Wildman–Crippen MR) is 134 cm³/mol. The highest BCUT2D eigenvalue weighted by atomic mass is 19.1. The van der Waals surface area contributed by atoms with Crippen LogP contribution in [0.3, 0.4) is 0 Å². The summed E-state index contributed by atoms with van der Waals surface area (Å²) in [6.45, 7) is 9.44. The van der Waals surface area contributed by atoms with Crippen LogP contribution in [0.2, 0.25) is 0 Å². The molecule has 3 amide bonds. The van der Waals surface area contributed by atoms with Crippen molar-refractivity contribution in [3.8, 4) is 0 Å². The number of urea groups is 1. The Bertz CT molecular complexity index is 985. The molecule has 0 bridgehead atoms. The van der Waals surface area contributed by atoms with Crippen LogP contribution < -0.4 is 5.32 Å². The second-order valence-corrected chi connectivity index (χ2v) is 10.4. The Morgan fingerprint density at radius 1 is 1.26 bits per heavy atom. The third-order valence-electron chi connectivity index (χ3n) is 8.01. The first kappa shape index (κ1) is 25.6. The van der Waals surface area contributed by atoms with Gasteiger partial charge in [-0.05, 0) is 81.6 Å². The van der Waals surface area contributed by atoms with Crippen LogP contribution in [0.15, 0.2) is 48.1 Å². The zero-order chi connectivity index (χ0) is 25.0. The summed E-state index contributed by atoms with van der Waals surface area (Å²) < 4.78 is 19.1. The molecular formula is C28H38FN3O3. The number of nitrogens with one attached hydrogen (secondary N) is 1. The van der Waals surface area contributed by atoms with Crippen LogP contribution >= 0.6 is 0 Å². The summed E-state index contributed by atoms with van der Waals surface area (Å²) >= 11 is 0. The molecule has 1 aliphatic carbocycles. The Morgan fingerprint density at radius 3 is 2.66 bits per heavy atom. The maximum absolute atomic E-state index is 14.0. The average molecular weight is 484 g/mol. The number of methoxy groups -OCH3 is 1. The molecule has 4 rings (SSSR count). The van der Waals surface area contributed by atoms with Gasteiger partial charge in [-0.25, -0.2) is 9.18 Å². The van der Waals surface area contributed by atoms with Gasteiger partial charge in [-0.15, -0.1) is 0 Å². The zero-order valence-electron chi connectivity index (χ0n) is 21.0. The average Bonchev–Trinajstić information content (AvgIpc) is 3.08. The Balaban J connectivity index is 1.46. The normalized spacial score (nSPS) is 26.1. The quantitative estimate of drug-likeness (QED) is 0.420. The number of benzene rings is 1. The maximum atomic E-state index is 14.0. The molecule has 0 aromatic heterocycles. The molecule has 6 nitrogen and oxygen atoms in total. The van der Waals surface area contributed by atoms with Crippen molar-refractivity contribution >= 4 is 11.9 Å². The van der Waals surface area contributed by atoms with E-state index in [9.17, 15) is 14.0 Å². The number of ether oxygens (including phenoxy) is 1. The van der Waals surface area contributed by atoms with Crippen molar-refractivity contribution in [2.75, 3.05) is 39.9 Å². The molecule has 0 radical (unpaired) electrons. The first-order chi connectivity index (χ1) is 16.8. The lowest BCUT2D eigenvalue weighted by Crippen LogP contribution is -2.57. The van der Waals surface area contributed by atoms with E-state index < -0.39 is 5.54 Å². The second kappa shape index (κ2) is 11.0. The number of hydrogen-bond donors (Lipinski definition) is 1. The number of rotatable bonds is 9. The third kappa shape index (κ3) is 5.67. The summed E-state index contributed by atoms with van der Waals surface area (Å²) in [5.74, 6) is 0.0302. The minimum Gasteiger partial charge on any atom is -0.383 e. The number of imide groups is 1. The highest BCUT2D eigenvalue weighted by molar-refractivity contribution is 6.07. The molecule has 3 aliphatic rings. The molecule has 1 aromatic rings. The van der Waals surface area contributed by atoms with Gasteiger partial charge in [0.25, 0.3) is 5.91 Å². The fourth-order valence-electron chi connectivity index (χ4n) is 5.89. The summed E-state index contributed by atoms with van der Waals surface area (Å²) in [6.07, 6.45) is 7.65. The van der Waals surface area contributed by atoms with E-state index in [0.717, 1.165) is 45.3 Å². The fraction of sp³-hybridized carbons (Fsp3) is 0.571. The van der Waals surface area contributed by atoms with Crippen molar-refractivity contribution in [1.82, 2.24) is 15.1 Å². The van der Waals surface area contributed by atoms with Crippen LogP contribution in [0, 0.1) is 17.7 Å². The number of amides is 3. The number of likely N-dealkylation sites (tertiary alicyclic amines) is 1. The Kier molecular flexibility index (Phi) is 8.07. The lowest BCUT2D eigenvalue weighted by atomic mass is 9.73. The van der Waals surface area contributed by atoms with Gasteiger partial charge in [-0.1, -0.05) is 35.9 Å². The highest BCUT2D eigenvalue weighted by Crippen LogP contribution is 2.37. The van der Waals surface area contributed by atoms with Gasteiger partial charge in [-0.2, -0.15) is 0 Å². The Labute approximate surface area is 208 Å². The molecule has 2 atom stereocenters. The van der Waals surface area contributed by atoms with Gasteiger partial charge >= 0.3 is 6.03 Å². The summed E-state index contributed by atoms with van der Waals surface area (Å²) in [5.41, 5.74) is 2.43. The van der Waals surface area contributed by atoms with Crippen LogP contribution in [0.5, 0.6) is 0 Å². The molecule has 35 heavy (non-hydrogen) atoms. The van der Waals surface area contributed by atoms with Gasteiger partial charge in [0.2, 0.25) is 0 Å². The minimum atomic E-state index is -1.05. The van der Waals surface area contributed by atoms with E-state index in [4.69, 9.17) is 4.74 Å². The Hall–Kier alpha value is -2.51. The van der Waals surface area contributed by atoms with E-state index in [2.05, 4.69) is 29.8 Å². The van der Waals surface area contributed by atoms with Crippen molar-refractivity contribution in [3.05, 3.63) is 59.4 Å². The van der Waals surface area contributed by atoms with Gasteiger partial charge in [0.1, 0.15) is 11.4 Å². The van der Waals surface area contributed by atoms with Gasteiger partial charge in [-0.3, -0.25) is 14.6 Å². The number of allylic oxidation sites excluding steroid dienone is 2. The molecule has 2 fully saturated rings. The molecule has 1 unspecified atom stereocenters. The van der Waals surface area contributed by atoms with Crippen molar-refractivity contribution in [3.63, 3.8) is 0 Å². The standard InChI is InChI=1S/C28H38FN3O3/c1-20(2)23-9-7-21(8-10-23)19-31-13-11-24(12-14-31)28(18-22-5-4-6-25(29)17-22)26(33)32(15-16-35-3)27(34)30-28/h4-7,17,23-24H,1,8-16,18-19H2,2-3H3,(H,30,34)/t23-,28?/m1/s1. The number of carbonyl (C=O) groups is 2. The molecule has 0 spiro atoms. The van der Waals surface area contributed by atoms with E-state index >= 15 is 0 Å². The Morgan fingerprint density at radius 2 is 2.03 bits per heavy atom. The van der Waals surface area contributed by atoms with E-state index in [0.29, 0.717) is 11.5 Å². The zero-order valence-corrected chi connectivity index (χ0v) is 21.0. The lowest BCUT2D eigenvalue weighted by Gasteiger charge is -2.41. The summed E-state index contributed by atoms with van der Waals surface area (Å²) in [7, 11) is 1.55. The first-order valence-corrected chi connectivity index (χ1v) is 12.8. The molecule has 2 saturated heterocycles. The van der Waals surface area contributed by atoms with Crippen molar-refractivity contribution in [2.24, 2.45) is 11.8 Å². The van der Waals surface area contributed by atoms with E-state index in [1.807, 2.05) is 6.07 Å². The second-order valence-electron chi connectivity index (χ2n) is 10.4. The first-order valence-electron chi connectivity index (χ1n) is 12.8. The van der Waals surface area contributed by atoms with Crippen molar-refractivity contribution < 1.29 is 18.7 Å². The number of carbonyl (C=O) groups excluding carboxylic acids is 2. The fourth-order valence-corrected chi connectivity index (χ4v) is 5.89. The third-order valence-corrected chi connectivity index (χ3v) is 8.01. The summed E-state index contributed by atoms with van der Waals surface area (Å²) in [6, 6.07) is 5.95. The smallest absolute Gasteiger partial charge is 0.325 e. The number of nitrogens with zero attached hydrogens (tertiary/aromatic N) is 2. The highest BCUT2D eigenvalue weighted by Gasteiger charge is 2.55. The number of halogens is 1. The molecular weight excluding hydrogens is 445 g/mol. The van der Waals surface area contributed by atoms with Crippen LogP contribution in [-0.2, 0) is 16.0 Å². The van der Waals surface area contributed by atoms with E-state index in [-0.39, 0.29) is 43.2 Å². The van der Waals surface area contributed by atoms with E-state index in [1.165, 1.54) is 34.6 Å². The molecule has 2 heterocycles. The van der Waals surface area contributed by atoms with Gasteiger partial charge < -0.3 is 10.1 Å². The lowest BCUT2D eigenvalue weighted by molar-refractivity contribution is -0.134. The van der Waals surface area contributed by atoms with Gasteiger partial charge in [0.05, 0.1) is 13.2 Å². The van der Waals surface area contributed by atoms with Crippen LogP contribution in [0.1, 0.15) is 44.6 Å². The largest absolute Gasteiger partial charge is 0.383 e. The monoisotopic (exact) mass is 483 g/mol. The van der Waals surface area contributed by atoms with Gasteiger partial charge in [0.15, 0.2) is 0 Å².